The Morgan fingerprint density at radius 2 is 2.05 bits per heavy atom. The van der Waals surface area contributed by atoms with Crippen LogP contribution in [-0.2, 0) is 14.3 Å². The van der Waals surface area contributed by atoms with Gasteiger partial charge in [0.2, 0.25) is 0 Å². The molecule has 1 aromatic rings. The summed E-state index contributed by atoms with van der Waals surface area (Å²) in [5.74, 6) is -1.08. The first kappa shape index (κ1) is 18.2. The minimum Gasteiger partial charge on any atom is -0.484 e. The van der Waals surface area contributed by atoms with Crippen molar-refractivity contribution in [1.29, 1.82) is 0 Å². The van der Waals surface area contributed by atoms with E-state index in [1.54, 1.807) is 0 Å². The van der Waals surface area contributed by atoms with Crippen molar-refractivity contribution in [2.45, 2.75) is 26.3 Å². The van der Waals surface area contributed by atoms with E-state index in [9.17, 15) is 14.0 Å². The first-order chi connectivity index (χ1) is 10.3. The van der Waals surface area contributed by atoms with Gasteiger partial charge in [0.1, 0.15) is 17.6 Å². The molecule has 0 spiro atoms. The molecule has 0 bridgehead atoms. The van der Waals surface area contributed by atoms with Crippen molar-refractivity contribution < 1.29 is 23.5 Å². The second-order valence-corrected chi connectivity index (χ2v) is 5.54. The number of halogens is 2. The number of rotatable bonds is 7. The van der Waals surface area contributed by atoms with Gasteiger partial charge in [-0.15, -0.1) is 0 Å². The Labute approximate surface area is 133 Å². The minimum atomic E-state index is -0.724. The monoisotopic (exact) mass is 331 g/mol. The van der Waals surface area contributed by atoms with Gasteiger partial charge in [-0.1, -0.05) is 25.4 Å². The quantitative estimate of drug-likeness (QED) is 0.780. The van der Waals surface area contributed by atoms with Crippen LogP contribution >= 0.6 is 11.6 Å². The van der Waals surface area contributed by atoms with Crippen molar-refractivity contribution in [2.75, 3.05) is 13.7 Å². The zero-order chi connectivity index (χ0) is 16.7. The van der Waals surface area contributed by atoms with Gasteiger partial charge in [0.25, 0.3) is 5.91 Å². The van der Waals surface area contributed by atoms with Crippen LogP contribution in [0.25, 0.3) is 0 Å². The summed E-state index contributed by atoms with van der Waals surface area (Å²) in [6.07, 6.45) is 0.459. The number of methoxy groups -OCH3 is 1. The molecule has 0 heterocycles. The number of carbonyl (C=O) groups excluding carboxylic acids is 2. The van der Waals surface area contributed by atoms with Crippen molar-refractivity contribution in [2.24, 2.45) is 5.92 Å². The number of benzene rings is 1. The predicted molar refractivity (Wildman–Crippen MR) is 80.3 cm³/mol. The molecule has 0 saturated heterocycles. The molecule has 0 aliphatic heterocycles. The van der Waals surface area contributed by atoms with Crippen LogP contribution in [0.1, 0.15) is 20.3 Å². The summed E-state index contributed by atoms with van der Waals surface area (Å²) in [6.45, 7) is 3.55. The maximum atomic E-state index is 13.0. The van der Waals surface area contributed by atoms with Crippen LogP contribution in [0.2, 0.25) is 5.02 Å². The second kappa shape index (κ2) is 8.58. The van der Waals surface area contributed by atoms with Gasteiger partial charge in [-0.25, -0.2) is 9.18 Å². The Morgan fingerprint density at radius 3 is 2.59 bits per heavy atom. The number of ether oxygens (including phenoxy) is 2. The summed E-state index contributed by atoms with van der Waals surface area (Å²) in [5.41, 5.74) is 0. The maximum absolute atomic E-state index is 13.0. The van der Waals surface area contributed by atoms with Crippen LogP contribution in [-0.4, -0.2) is 31.6 Å². The van der Waals surface area contributed by atoms with Crippen molar-refractivity contribution in [3.8, 4) is 5.75 Å². The molecule has 0 radical (unpaired) electrons. The average molecular weight is 332 g/mol. The Balaban J connectivity index is 2.56. The third kappa shape index (κ3) is 5.89. The molecule has 1 amide bonds. The van der Waals surface area contributed by atoms with Gasteiger partial charge >= 0.3 is 5.97 Å². The number of esters is 1. The standard InChI is InChI=1S/C15H19ClFNO4/c1-9(2)6-13(15(20)21-3)18-14(19)8-22-10-4-5-12(17)11(16)7-10/h4-5,7,9,13H,6,8H2,1-3H3,(H,18,19)/t13-/m0/s1. The Bertz CT molecular complexity index is 536. The smallest absolute Gasteiger partial charge is 0.328 e. The van der Waals surface area contributed by atoms with E-state index in [1.165, 1.54) is 19.2 Å². The SMILES string of the molecule is COC(=O)[C@H](CC(C)C)NC(=O)COc1ccc(F)c(Cl)c1. The summed E-state index contributed by atoms with van der Waals surface area (Å²) in [7, 11) is 1.26. The van der Waals surface area contributed by atoms with Gasteiger partial charge in [-0.3, -0.25) is 4.79 Å². The molecule has 0 unspecified atom stereocenters. The van der Waals surface area contributed by atoms with Crippen molar-refractivity contribution in [1.82, 2.24) is 5.32 Å². The fraction of sp³-hybridized carbons (Fsp3) is 0.467. The van der Waals surface area contributed by atoms with Gasteiger partial charge in [0, 0.05) is 6.07 Å². The van der Waals surface area contributed by atoms with E-state index in [4.69, 9.17) is 16.3 Å². The molecule has 1 N–H and O–H groups in total. The van der Waals surface area contributed by atoms with Gasteiger partial charge < -0.3 is 14.8 Å². The zero-order valence-electron chi connectivity index (χ0n) is 12.7. The third-order valence-electron chi connectivity index (χ3n) is 2.79. The first-order valence-corrected chi connectivity index (χ1v) is 7.16. The van der Waals surface area contributed by atoms with Crippen LogP contribution in [0.3, 0.4) is 0 Å². The topological polar surface area (TPSA) is 64.6 Å². The molecule has 22 heavy (non-hydrogen) atoms. The van der Waals surface area contributed by atoms with Gasteiger partial charge in [0.15, 0.2) is 6.61 Å². The summed E-state index contributed by atoms with van der Waals surface area (Å²) in [4.78, 5) is 23.4. The van der Waals surface area contributed by atoms with Crippen LogP contribution in [0.15, 0.2) is 18.2 Å². The molecule has 1 atom stereocenters. The third-order valence-corrected chi connectivity index (χ3v) is 3.08. The zero-order valence-corrected chi connectivity index (χ0v) is 13.4. The highest BCUT2D eigenvalue weighted by Gasteiger charge is 2.22. The summed E-state index contributed by atoms with van der Waals surface area (Å²) >= 11 is 5.61. The van der Waals surface area contributed by atoms with E-state index < -0.39 is 23.7 Å². The highest BCUT2D eigenvalue weighted by molar-refractivity contribution is 6.30. The highest BCUT2D eigenvalue weighted by Crippen LogP contribution is 2.20. The fourth-order valence-corrected chi connectivity index (χ4v) is 1.95. The minimum absolute atomic E-state index is 0.0925. The normalized spacial score (nSPS) is 11.9. The number of nitrogens with one attached hydrogen (secondary N) is 1. The molecule has 0 saturated carbocycles. The van der Waals surface area contributed by atoms with Crippen molar-refractivity contribution in [3.05, 3.63) is 29.0 Å². The summed E-state index contributed by atoms with van der Waals surface area (Å²) < 4.78 is 22.9. The molecular formula is C15H19ClFNO4. The second-order valence-electron chi connectivity index (χ2n) is 5.14. The van der Waals surface area contributed by atoms with Gasteiger partial charge in [-0.2, -0.15) is 0 Å². The lowest BCUT2D eigenvalue weighted by atomic mass is 10.0. The first-order valence-electron chi connectivity index (χ1n) is 6.78. The van der Waals surface area contributed by atoms with Crippen molar-refractivity contribution in [3.63, 3.8) is 0 Å². The van der Waals surface area contributed by atoms with E-state index in [2.05, 4.69) is 10.1 Å². The Hall–Kier alpha value is -1.82. The fourth-order valence-electron chi connectivity index (χ4n) is 1.78. The van der Waals surface area contributed by atoms with E-state index in [-0.39, 0.29) is 23.3 Å². The lowest BCUT2D eigenvalue weighted by molar-refractivity contribution is -0.145. The van der Waals surface area contributed by atoms with Crippen LogP contribution in [0.5, 0.6) is 5.75 Å². The molecule has 7 heteroatoms. The van der Waals surface area contributed by atoms with Crippen LogP contribution in [0, 0.1) is 11.7 Å². The average Bonchev–Trinajstić information content (AvgIpc) is 2.46. The Morgan fingerprint density at radius 1 is 1.36 bits per heavy atom. The number of hydrogen-bond donors (Lipinski definition) is 1. The molecule has 0 aliphatic carbocycles. The van der Waals surface area contributed by atoms with Gasteiger partial charge in [0.05, 0.1) is 12.1 Å². The molecule has 1 aromatic carbocycles. The molecule has 122 valence electrons. The molecule has 0 aromatic heterocycles. The van der Waals surface area contributed by atoms with E-state index >= 15 is 0 Å². The number of hydrogen-bond acceptors (Lipinski definition) is 4. The molecular weight excluding hydrogens is 313 g/mol. The number of carbonyl (C=O) groups is 2. The predicted octanol–water partition coefficient (Wildman–Crippen LogP) is 2.56. The van der Waals surface area contributed by atoms with Gasteiger partial charge in [-0.05, 0) is 24.5 Å². The maximum Gasteiger partial charge on any atom is 0.328 e. The Kier molecular flexibility index (Phi) is 7.11. The lowest BCUT2D eigenvalue weighted by Crippen LogP contribution is -2.44. The molecule has 5 nitrogen and oxygen atoms in total. The molecule has 0 aliphatic rings. The lowest BCUT2D eigenvalue weighted by Gasteiger charge is -2.18. The van der Waals surface area contributed by atoms with E-state index in [1.807, 2.05) is 13.8 Å². The summed E-state index contributed by atoms with van der Waals surface area (Å²) in [6, 6.07) is 3.06. The van der Waals surface area contributed by atoms with Crippen LogP contribution < -0.4 is 10.1 Å². The van der Waals surface area contributed by atoms with Crippen LogP contribution in [0.4, 0.5) is 4.39 Å². The summed E-state index contributed by atoms with van der Waals surface area (Å²) in [5, 5.41) is 2.46. The molecule has 1 rings (SSSR count). The van der Waals surface area contributed by atoms with Crippen molar-refractivity contribution >= 4 is 23.5 Å². The highest BCUT2D eigenvalue weighted by atomic mass is 35.5. The molecule has 0 fully saturated rings. The number of amides is 1. The van der Waals surface area contributed by atoms with E-state index in [0.717, 1.165) is 6.07 Å². The largest absolute Gasteiger partial charge is 0.484 e. The van der Waals surface area contributed by atoms with E-state index in [0.29, 0.717) is 6.42 Å².